The Morgan fingerprint density at radius 3 is 0.917 bits per heavy atom. The van der Waals surface area contributed by atoms with Crippen molar-refractivity contribution in [2.75, 3.05) is 0 Å². The molecule has 0 saturated heterocycles. The van der Waals surface area contributed by atoms with Gasteiger partial charge in [-0.25, -0.2) is 8.42 Å². The van der Waals surface area contributed by atoms with Gasteiger partial charge in [0.2, 0.25) is 10.4 Å². The molecule has 0 bridgehead atoms. The summed E-state index contributed by atoms with van der Waals surface area (Å²) in [6.07, 6.45) is 0. The van der Waals surface area contributed by atoms with Crippen LogP contribution in [0.5, 0.6) is 0 Å². The molecule has 0 atom stereocenters. The number of rotatable bonds is 0. The van der Waals surface area contributed by atoms with Gasteiger partial charge in [0.25, 0.3) is 0 Å². The fourth-order valence-electron chi connectivity index (χ4n) is 0. The third-order valence-electron chi connectivity index (χ3n) is 0. The molecule has 1 N–H and O–H groups in total. The maximum atomic E-state index is 8.63. The van der Waals surface area contributed by atoms with Crippen LogP contribution < -0.4 is 51.4 Å². The van der Waals surface area contributed by atoms with Crippen molar-refractivity contribution in [2.45, 2.75) is 0 Å². The Balaban J connectivity index is -0.0000000457. The van der Waals surface area contributed by atoms with E-state index in [2.05, 4.69) is 0 Å². The molecule has 0 amide bonds. The molecule has 0 rings (SSSR count). The molecule has 0 aromatic carbocycles. The molecule has 0 aliphatic heterocycles. The van der Waals surface area contributed by atoms with Crippen LogP contribution in [0.25, 0.3) is 0 Å². The van der Waals surface area contributed by atoms with E-state index in [1.165, 1.54) is 0 Å². The molecule has 0 aromatic rings. The Bertz CT molecular complexity index is 213. The predicted octanol–water partition coefficient (Wildman–Crippen LogP) is -5.71. The van der Waals surface area contributed by atoms with Crippen LogP contribution in [0, 0.1) is 0 Å². The molecule has 12 heavy (non-hydrogen) atoms. The van der Waals surface area contributed by atoms with Gasteiger partial charge in [-0.3, -0.25) is 13.0 Å². The fraction of sp³-hybridized carbons (Fsp3) is 0. The van der Waals surface area contributed by atoms with E-state index in [4.69, 9.17) is 35.0 Å². The van der Waals surface area contributed by atoms with Crippen molar-refractivity contribution in [1.29, 1.82) is 0 Å². The quantitative estimate of drug-likeness (QED) is 0.251. The van der Waals surface area contributed by atoms with E-state index in [1.54, 1.807) is 0 Å². The van der Waals surface area contributed by atoms with E-state index >= 15 is 0 Å². The largest absolute Gasteiger partial charge is 2.00 e. The molecule has 0 aliphatic rings. The van der Waals surface area contributed by atoms with E-state index in [0.717, 1.165) is 0 Å². The Morgan fingerprint density at radius 2 is 0.917 bits per heavy atom. The van der Waals surface area contributed by atoms with Gasteiger partial charge >= 0.3 is 100 Å². The summed E-state index contributed by atoms with van der Waals surface area (Å²) in [5.74, 6) is 0. The minimum Gasteiger partial charge on any atom is -0.759 e. The summed E-state index contributed by atoms with van der Waals surface area (Å²) in [5, 5.41) is 0. The van der Waals surface area contributed by atoms with Gasteiger partial charge in [-0.05, 0) is 0 Å². The van der Waals surface area contributed by atoms with Crippen molar-refractivity contribution in [3.8, 4) is 0 Å². The molecular weight excluding hydrogens is 369 g/mol. The second kappa shape index (κ2) is 10.5. The minimum absolute atomic E-state index is 0. The fourth-order valence-corrected chi connectivity index (χ4v) is 0. The average molecular weight is 370 g/mol. The molecule has 0 saturated carbocycles. The molecule has 12 heteroatoms. The Kier molecular flexibility index (Phi) is 21.2. The van der Waals surface area contributed by atoms with Gasteiger partial charge in [0.05, 0.1) is 0 Å². The summed E-state index contributed by atoms with van der Waals surface area (Å²) < 4.78 is 66.9. The third kappa shape index (κ3) is 213. The van der Waals surface area contributed by atoms with Crippen LogP contribution in [-0.2, 0) is 20.8 Å². The zero-order chi connectivity index (χ0) is 9.00. The second-order valence-electron chi connectivity index (χ2n) is 0.836. The van der Waals surface area contributed by atoms with Crippen molar-refractivity contribution >= 4 is 69.7 Å². The molecule has 8 nitrogen and oxygen atoms in total. The van der Waals surface area contributed by atoms with Gasteiger partial charge in [-0.2, -0.15) is 0 Å². The van der Waals surface area contributed by atoms with Gasteiger partial charge in [0.15, 0.2) is 0 Å². The Hall–Kier alpha value is 2.95. The molecular formula is HBaKO8S2. The zero-order valence-electron chi connectivity index (χ0n) is 5.83. The first-order chi connectivity index (χ1) is 4.00. The smallest absolute Gasteiger partial charge is 0.759 e. The normalized spacial score (nSPS) is 9.67. The van der Waals surface area contributed by atoms with Crippen molar-refractivity contribution < 1.29 is 86.4 Å². The van der Waals surface area contributed by atoms with Crippen molar-refractivity contribution in [3.63, 3.8) is 0 Å². The Labute approximate surface area is 152 Å². The summed E-state index contributed by atoms with van der Waals surface area (Å²) in [6, 6.07) is 0. The van der Waals surface area contributed by atoms with E-state index in [1.807, 2.05) is 0 Å². The van der Waals surface area contributed by atoms with Crippen LogP contribution in [0.2, 0.25) is 0 Å². The maximum Gasteiger partial charge on any atom is 2.00 e. The van der Waals surface area contributed by atoms with Gasteiger partial charge in [-0.15, -0.1) is 0 Å². The average Bonchev–Trinajstić information content (AvgIpc) is 1.12. The van der Waals surface area contributed by atoms with Gasteiger partial charge in [0.1, 0.15) is 0 Å². The summed E-state index contributed by atoms with van der Waals surface area (Å²) in [7, 11) is -10.1. The number of hydrogen-bond donors (Lipinski definition) is 1. The molecule has 0 unspecified atom stereocenters. The molecule has 0 heterocycles. The topological polar surface area (TPSA) is 158 Å². The summed E-state index contributed by atoms with van der Waals surface area (Å²) in [6.45, 7) is 0. The first kappa shape index (κ1) is 24.3. The summed E-state index contributed by atoms with van der Waals surface area (Å²) in [4.78, 5) is 0. The van der Waals surface area contributed by atoms with E-state index in [0.29, 0.717) is 0 Å². The predicted molar refractivity (Wildman–Crippen MR) is 28.6 cm³/mol. The SMILES string of the molecule is O=S(=O)([O-])O.O=S(=O)([O-])[O-].[Ba+2].[K+]. The molecule has 0 spiro atoms. The molecule has 0 aromatic heterocycles. The van der Waals surface area contributed by atoms with Crippen molar-refractivity contribution in [1.82, 2.24) is 0 Å². The number of hydrogen-bond acceptors (Lipinski definition) is 7. The summed E-state index contributed by atoms with van der Waals surface area (Å²) >= 11 is 0. The van der Waals surface area contributed by atoms with E-state index in [-0.39, 0.29) is 100 Å². The van der Waals surface area contributed by atoms with Gasteiger partial charge in [-0.1, -0.05) is 0 Å². The van der Waals surface area contributed by atoms with E-state index < -0.39 is 20.8 Å². The monoisotopic (exact) mass is 370 g/mol. The van der Waals surface area contributed by atoms with Gasteiger partial charge in [0, 0.05) is 10.4 Å². The van der Waals surface area contributed by atoms with Crippen LogP contribution in [0.1, 0.15) is 0 Å². The molecule has 0 radical (unpaired) electrons. The van der Waals surface area contributed by atoms with Crippen LogP contribution in [0.4, 0.5) is 0 Å². The zero-order valence-corrected chi connectivity index (χ0v) is 15.0. The molecule has 64 valence electrons. The summed E-state index contributed by atoms with van der Waals surface area (Å²) in [5.41, 5.74) is 0. The molecule has 0 fully saturated rings. The van der Waals surface area contributed by atoms with Crippen LogP contribution in [0.15, 0.2) is 0 Å². The third-order valence-corrected chi connectivity index (χ3v) is 0. The Morgan fingerprint density at radius 1 is 0.917 bits per heavy atom. The first-order valence-corrected chi connectivity index (χ1v) is 4.05. The van der Waals surface area contributed by atoms with E-state index in [9.17, 15) is 0 Å². The van der Waals surface area contributed by atoms with Crippen molar-refractivity contribution in [2.24, 2.45) is 0 Å². The van der Waals surface area contributed by atoms with Crippen LogP contribution >= 0.6 is 0 Å². The maximum absolute atomic E-state index is 8.63. The van der Waals surface area contributed by atoms with Crippen LogP contribution in [0.3, 0.4) is 0 Å². The first-order valence-electron chi connectivity index (χ1n) is 1.35. The second-order valence-corrected chi connectivity index (χ2v) is 2.51. The minimum atomic E-state index is -5.17. The molecule has 0 aliphatic carbocycles. The van der Waals surface area contributed by atoms with Gasteiger partial charge < -0.3 is 13.7 Å². The van der Waals surface area contributed by atoms with Crippen molar-refractivity contribution in [3.05, 3.63) is 0 Å². The van der Waals surface area contributed by atoms with Crippen LogP contribution in [-0.4, -0.2) is 83.9 Å². The standard InChI is InChI=1S/Ba.K.2H2O4S/c;;2*1-5(2,3)4/h;;2*(H2,1,2,3,4)/q+2;+1;;/p-3.